The summed E-state index contributed by atoms with van der Waals surface area (Å²) in [7, 11) is -6.61. The van der Waals surface area contributed by atoms with Crippen LogP contribution in [0.5, 0.6) is 5.75 Å². The third kappa shape index (κ3) is 4.04. The van der Waals surface area contributed by atoms with Gasteiger partial charge >= 0.3 is 0 Å². The molecule has 0 spiro atoms. The molecule has 0 fully saturated rings. The van der Waals surface area contributed by atoms with E-state index in [1.54, 1.807) is 42.6 Å². The summed E-state index contributed by atoms with van der Waals surface area (Å²) in [6.07, 6.45) is 1.58. The normalized spacial score (nSPS) is 11.9. The Kier molecular flexibility index (Phi) is 5.62. The number of nitrogens with one attached hydrogen (secondary N) is 1. The average molecular weight is 469 g/mol. The SMILES string of the molecule is COc1ccc(NS(=O)(=O)c2ccc(C)cc2)cc1S(=O)(=O)c1cccc2ncccc12. The van der Waals surface area contributed by atoms with Crippen molar-refractivity contribution in [2.45, 2.75) is 21.6 Å². The fourth-order valence-electron chi connectivity index (χ4n) is 3.31. The standard InChI is InChI=1S/C23H20N2O5S2/c1-16-8-11-18(12-9-16)32(28,29)25-17-10-13-21(30-2)23(15-17)31(26,27)22-7-3-6-20-19(22)5-4-14-24-20/h3-15,25H,1-2H3. The summed E-state index contributed by atoms with van der Waals surface area (Å²) in [6.45, 7) is 1.85. The molecule has 0 saturated heterocycles. The molecule has 0 radical (unpaired) electrons. The molecule has 1 aromatic heterocycles. The molecule has 0 aliphatic rings. The number of methoxy groups -OCH3 is 1. The van der Waals surface area contributed by atoms with Crippen molar-refractivity contribution in [3.8, 4) is 5.75 Å². The molecule has 0 amide bonds. The molecule has 0 saturated carbocycles. The van der Waals surface area contributed by atoms with Gasteiger partial charge in [-0.05, 0) is 61.5 Å². The molecule has 1 N–H and O–H groups in total. The molecule has 7 nitrogen and oxygen atoms in total. The molecule has 0 unspecified atom stereocenters. The van der Waals surface area contributed by atoms with Gasteiger partial charge in [-0.25, -0.2) is 16.8 Å². The van der Waals surface area contributed by atoms with E-state index in [2.05, 4.69) is 9.71 Å². The molecule has 4 aromatic rings. The highest BCUT2D eigenvalue weighted by Gasteiger charge is 2.26. The third-order valence-corrected chi connectivity index (χ3v) is 8.16. The van der Waals surface area contributed by atoms with Crippen molar-refractivity contribution in [1.29, 1.82) is 0 Å². The number of ether oxygens (including phenoxy) is 1. The number of aryl methyl sites for hydroxylation is 1. The molecule has 1 heterocycles. The van der Waals surface area contributed by atoms with E-state index in [0.717, 1.165) is 5.56 Å². The molecule has 4 rings (SSSR count). The summed E-state index contributed by atoms with van der Waals surface area (Å²) < 4.78 is 60.4. The van der Waals surface area contributed by atoms with E-state index in [4.69, 9.17) is 4.74 Å². The lowest BCUT2D eigenvalue weighted by Gasteiger charge is -2.14. The first-order valence-corrected chi connectivity index (χ1v) is 12.6. The van der Waals surface area contributed by atoms with Crippen LogP contribution in [0.2, 0.25) is 0 Å². The number of sulfonamides is 1. The van der Waals surface area contributed by atoms with Crippen LogP contribution < -0.4 is 9.46 Å². The van der Waals surface area contributed by atoms with Crippen molar-refractivity contribution in [3.63, 3.8) is 0 Å². The highest BCUT2D eigenvalue weighted by Crippen LogP contribution is 2.35. The van der Waals surface area contributed by atoms with Crippen molar-refractivity contribution in [2.75, 3.05) is 11.8 Å². The Morgan fingerprint density at radius 2 is 1.59 bits per heavy atom. The molecule has 9 heteroatoms. The fourth-order valence-corrected chi connectivity index (χ4v) is 6.01. The zero-order chi connectivity index (χ0) is 22.9. The summed E-state index contributed by atoms with van der Waals surface area (Å²) in [5, 5.41) is 0.461. The van der Waals surface area contributed by atoms with Gasteiger partial charge in [-0.3, -0.25) is 9.71 Å². The number of nitrogens with zero attached hydrogens (tertiary/aromatic N) is 1. The van der Waals surface area contributed by atoms with E-state index in [1.165, 1.54) is 43.5 Å². The Morgan fingerprint density at radius 3 is 2.31 bits per heavy atom. The number of aromatic nitrogens is 1. The topological polar surface area (TPSA) is 102 Å². The van der Waals surface area contributed by atoms with Crippen molar-refractivity contribution in [2.24, 2.45) is 0 Å². The van der Waals surface area contributed by atoms with Gasteiger partial charge in [0.15, 0.2) is 0 Å². The van der Waals surface area contributed by atoms with Crippen LogP contribution in [-0.2, 0) is 19.9 Å². The Hall–Kier alpha value is -3.43. The van der Waals surface area contributed by atoms with Gasteiger partial charge < -0.3 is 4.74 Å². The predicted molar refractivity (Wildman–Crippen MR) is 122 cm³/mol. The summed E-state index contributed by atoms with van der Waals surface area (Å²) in [4.78, 5) is 4.19. The Balaban J connectivity index is 1.81. The first kappa shape index (κ1) is 21.8. The lowest BCUT2D eigenvalue weighted by Crippen LogP contribution is -2.14. The van der Waals surface area contributed by atoms with Crippen LogP contribution in [-0.4, -0.2) is 28.9 Å². The highest BCUT2D eigenvalue weighted by atomic mass is 32.2. The van der Waals surface area contributed by atoms with Crippen molar-refractivity contribution in [1.82, 2.24) is 4.98 Å². The largest absolute Gasteiger partial charge is 0.495 e. The second-order valence-corrected chi connectivity index (χ2v) is 10.7. The lowest BCUT2D eigenvalue weighted by molar-refractivity contribution is 0.403. The van der Waals surface area contributed by atoms with Crippen LogP contribution in [0.3, 0.4) is 0 Å². The lowest BCUT2D eigenvalue weighted by atomic mass is 10.2. The first-order chi connectivity index (χ1) is 15.2. The van der Waals surface area contributed by atoms with Crippen LogP contribution in [0.15, 0.2) is 93.7 Å². The van der Waals surface area contributed by atoms with E-state index in [0.29, 0.717) is 10.9 Å². The zero-order valence-electron chi connectivity index (χ0n) is 17.3. The molecule has 0 atom stereocenters. The second kappa shape index (κ2) is 8.25. The molecule has 0 aliphatic heterocycles. The number of benzene rings is 3. The smallest absolute Gasteiger partial charge is 0.261 e. The van der Waals surface area contributed by atoms with Crippen LogP contribution in [0.1, 0.15) is 5.56 Å². The number of anilines is 1. The van der Waals surface area contributed by atoms with Crippen LogP contribution in [0, 0.1) is 6.92 Å². The van der Waals surface area contributed by atoms with E-state index < -0.39 is 19.9 Å². The predicted octanol–water partition coefficient (Wildman–Crippen LogP) is 4.19. The molecule has 0 bridgehead atoms. The zero-order valence-corrected chi connectivity index (χ0v) is 18.9. The number of pyridine rings is 1. The monoisotopic (exact) mass is 468 g/mol. The van der Waals surface area contributed by atoms with Crippen molar-refractivity contribution < 1.29 is 21.6 Å². The van der Waals surface area contributed by atoms with Crippen molar-refractivity contribution >= 4 is 36.5 Å². The van der Waals surface area contributed by atoms with Gasteiger partial charge in [0, 0.05) is 11.6 Å². The molecule has 32 heavy (non-hydrogen) atoms. The first-order valence-electron chi connectivity index (χ1n) is 9.59. The fraction of sp³-hybridized carbons (Fsp3) is 0.0870. The maximum absolute atomic E-state index is 13.6. The quantitative estimate of drug-likeness (QED) is 0.455. The molecule has 0 aliphatic carbocycles. The number of rotatable bonds is 6. The van der Waals surface area contributed by atoms with E-state index >= 15 is 0 Å². The Labute approximate surface area is 186 Å². The third-order valence-electron chi connectivity index (χ3n) is 4.93. The van der Waals surface area contributed by atoms with Gasteiger partial charge in [0.2, 0.25) is 9.84 Å². The van der Waals surface area contributed by atoms with Gasteiger partial charge in [0.1, 0.15) is 10.6 Å². The summed E-state index contributed by atoms with van der Waals surface area (Å²) in [5.74, 6) is 0.101. The molecule has 164 valence electrons. The van der Waals surface area contributed by atoms with Gasteiger partial charge in [-0.1, -0.05) is 23.8 Å². The van der Waals surface area contributed by atoms with E-state index in [-0.39, 0.29) is 26.1 Å². The summed E-state index contributed by atoms with van der Waals surface area (Å²) in [6, 6.07) is 18.6. The van der Waals surface area contributed by atoms with Crippen LogP contribution in [0.25, 0.3) is 10.9 Å². The van der Waals surface area contributed by atoms with E-state index in [1.807, 2.05) is 6.92 Å². The minimum absolute atomic E-state index is 0.0555. The van der Waals surface area contributed by atoms with Crippen LogP contribution in [0.4, 0.5) is 5.69 Å². The number of fused-ring (bicyclic) bond motifs is 1. The van der Waals surface area contributed by atoms with Gasteiger partial charge in [-0.2, -0.15) is 0 Å². The average Bonchev–Trinajstić information content (AvgIpc) is 2.78. The molecule has 3 aromatic carbocycles. The maximum Gasteiger partial charge on any atom is 0.261 e. The minimum Gasteiger partial charge on any atom is -0.495 e. The number of hydrogen-bond donors (Lipinski definition) is 1. The minimum atomic E-state index is -4.06. The van der Waals surface area contributed by atoms with Gasteiger partial charge in [0.25, 0.3) is 10.0 Å². The highest BCUT2D eigenvalue weighted by molar-refractivity contribution is 7.93. The van der Waals surface area contributed by atoms with Gasteiger partial charge in [-0.15, -0.1) is 0 Å². The maximum atomic E-state index is 13.6. The van der Waals surface area contributed by atoms with Crippen molar-refractivity contribution in [3.05, 3.63) is 84.6 Å². The molecular weight excluding hydrogens is 448 g/mol. The second-order valence-electron chi connectivity index (χ2n) is 7.11. The summed E-state index contributed by atoms with van der Waals surface area (Å²) >= 11 is 0. The molecular formula is C23H20N2O5S2. The van der Waals surface area contributed by atoms with Gasteiger partial charge in [0.05, 0.1) is 28.1 Å². The Morgan fingerprint density at radius 1 is 0.844 bits per heavy atom. The van der Waals surface area contributed by atoms with Crippen LogP contribution >= 0.6 is 0 Å². The van der Waals surface area contributed by atoms with E-state index in [9.17, 15) is 16.8 Å². The number of hydrogen-bond acceptors (Lipinski definition) is 6. The Bertz CT molecular complexity index is 1510. The number of sulfone groups is 1. The summed E-state index contributed by atoms with van der Waals surface area (Å²) in [5.41, 5.74) is 1.55.